The Morgan fingerprint density at radius 2 is 1.80 bits per heavy atom. The molecule has 0 saturated heterocycles. The van der Waals surface area contributed by atoms with Crippen molar-refractivity contribution in [2.24, 2.45) is 0 Å². The highest BCUT2D eigenvalue weighted by Gasteiger charge is 2.37. The molecule has 8 heteroatoms. The van der Waals surface area contributed by atoms with Crippen LogP contribution in [0, 0.1) is 0 Å². The highest BCUT2D eigenvalue weighted by molar-refractivity contribution is 6.71. The number of nitrogens with one attached hydrogen (secondary N) is 2. The summed E-state index contributed by atoms with van der Waals surface area (Å²) >= 11 is 17.1. The van der Waals surface area contributed by atoms with Gasteiger partial charge in [0.1, 0.15) is 0 Å². The van der Waals surface area contributed by atoms with Crippen LogP contribution >= 0.6 is 34.8 Å². The summed E-state index contributed by atoms with van der Waals surface area (Å²) in [6.45, 7) is 5.80. The standard InChI is InChI=1S/C7H15Cl3N2O2Si/c1-11-6(13)12-5(7(8,9)10)14-15(2,3)4/h5H,1-4H3,(H2,11,12,13). The van der Waals surface area contributed by atoms with Crippen LogP contribution in [0.4, 0.5) is 4.79 Å². The van der Waals surface area contributed by atoms with Gasteiger partial charge < -0.3 is 15.1 Å². The summed E-state index contributed by atoms with van der Waals surface area (Å²) in [5, 5.41) is 4.79. The van der Waals surface area contributed by atoms with E-state index in [0.717, 1.165) is 0 Å². The van der Waals surface area contributed by atoms with E-state index in [0.29, 0.717) is 0 Å². The summed E-state index contributed by atoms with van der Waals surface area (Å²) in [7, 11) is -0.434. The molecule has 4 nitrogen and oxygen atoms in total. The zero-order chi connectivity index (χ0) is 12.3. The van der Waals surface area contributed by atoms with Crippen molar-refractivity contribution in [1.29, 1.82) is 0 Å². The molecule has 0 bridgehead atoms. The van der Waals surface area contributed by atoms with Crippen molar-refractivity contribution in [1.82, 2.24) is 10.6 Å². The minimum atomic E-state index is -1.91. The Kier molecular flexibility index (Phi) is 5.71. The quantitative estimate of drug-likeness (QED) is 0.477. The van der Waals surface area contributed by atoms with E-state index in [1.807, 2.05) is 19.6 Å². The van der Waals surface area contributed by atoms with E-state index in [4.69, 9.17) is 39.2 Å². The van der Waals surface area contributed by atoms with Crippen molar-refractivity contribution in [3.8, 4) is 0 Å². The van der Waals surface area contributed by atoms with E-state index in [1.165, 1.54) is 7.05 Å². The second-order valence-electron chi connectivity index (χ2n) is 3.88. The predicted molar refractivity (Wildman–Crippen MR) is 66.1 cm³/mol. The predicted octanol–water partition coefficient (Wildman–Crippen LogP) is 2.46. The summed E-state index contributed by atoms with van der Waals surface area (Å²) < 4.78 is 3.86. The number of hydrogen-bond donors (Lipinski definition) is 2. The molecule has 0 aromatic rings. The highest BCUT2D eigenvalue weighted by Crippen LogP contribution is 2.32. The smallest absolute Gasteiger partial charge is 0.316 e. The van der Waals surface area contributed by atoms with E-state index in [2.05, 4.69) is 10.6 Å². The van der Waals surface area contributed by atoms with E-state index in [-0.39, 0.29) is 0 Å². The number of halogens is 3. The molecule has 0 rings (SSSR count). The van der Waals surface area contributed by atoms with Crippen molar-refractivity contribution >= 4 is 49.2 Å². The van der Waals surface area contributed by atoms with Crippen molar-refractivity contribution in [2.75, 3.05) is 7.05 Å². The maximum absolute atomic E-state index is 11.1. The van der Waals surface area contributed by atoms with Crippen molar-refractivity contribution < 1.29 is 9.22 Å². The minimum Gasteiger partial charge on any atom is -0.395 e. The van der Waals surface area contributed by atoms with Crippen LogP contribution in [-0.4, -0.2) is 31.4 Å². The van der Waals surface area contributed by atoms with E-state index in [9.17, 15) is 4.79 Å². The summed E-state index contributed by atoms with van der Waals surface area (Å²) in [5.41, 5.74) is 0. The van der Waals surface area contributed by atoms with Crippen molar-refractivity contribution in [3.63, 3.8) is 0 Å². The third kappa shape index (κ3) is 7.24. The Morgan fingerprint density at radius 1 is 1.33 bits per heavy atom. The molecule has 2 amide bonds. The molecule has 2 N–H and O–H groups in total. The number of alkyl halides is 3. The Labute approximate surface area is 106 Å². The zero-order valence-corrected chi connectivity index (χ0v) is 12.3. The molecule has 1 atom stereocenters. The summed E-state index contributed by atoms with van der Waals surface area (Å²) in [6.07, 6.45) is -0.950. The molecule has 0 spiro atoms. The molecule has 0 saturated carbocycles. The number of amides is 2. The SMILES string of the molecule is CNC(=O)NC(O[Si](C)(C)C)C(Cl)(Cl)Cl. The van der Waals surface area contributed by atoms with Gasteiger partial charge in [-0.25, -0.2) is 4.79 Å². The van der Waals surface area contributed by atoms with Gasteiger partial charge in [0.05, 0.1) is 0 Å². The van der Waals surface area contributed by atoms with Crippen LogP contribution in [0.5, 0.6) is 0 Å². The molecule has 0 aromatic heterocycles. The number of carbonyl (C=O) groups is 1. The Balaban J connectivity index is 4.54. The van der Waals surface area contributed by atoms with Gasteiger partial charge in [-0.1, -0.05) is 34.8 Å². The van der Waals surface area contributed by atoms with Gasteiger partial charge in [0.2, 0.25) is 3.79 Å². The molecule has 0 radical (unpaired) electrons. The molecule has 0 fully saturated rings. The van der Waals surface area contributed by atoms with Crippen molar-refractivity contribution in [2.45, 2.75) is 29.7 Å². The van der Waals surface area contributed by atoms with Crippen LogP contribution in [0.3, 0.4) is 0 Å². The number of hydrogen-bond acceptors (Lipinski definition) is 2. The largest absolute Gasteiger partial charge is 0.395 e. The van der Waals surface area contributed by atoms with Crippen LogP contribution in [-0.2, 0) is 4.43 Å². The van der Waals surface area contributed by atoms with Gasteiger partial charge in [0.15, 0.2) is 14.5 Å². The van der Waals surface area contributed by atoms with Gasteiger partial charge >= 0.3 is 6.03 Å². The van der Waals surface area contributed by atoms with Crippen LogP contribution in [0.1, 0.15) is 0 Å². The van der Waals surface area contributed by atoms with Gasteiger partial charge in [0, 0.05) is 7.05 Å². The fraction of sp³-hybridized carbons (Fsp3) is 0.857. The zero-order valence-electron chi connectivity index (χ0n) is 9.03. The molecule has 1 unspecified atom stereocenters. The molecule has 0 aliphatic carbocycles. The fourth-order valence-electron chi connectivity index (χ4n) is 0.723. The maximum Gasteiger partial charge on any atom is 0.316 e. The Morgan fingerprint density at radius 3 is 2.07 bits per heavy atom. The first kappa shape index (κ1) is 15.3. The third-order valence-corrected chi connectivity index (χ3v) is 2.80. The first-order valence-electron chi connectivity index (χ1n) is 4.29. The van der Waals surface area contributed by atoms with Gasteiger partial charge in [-0.05, 0) is 19.6 Å². The van der Waals surface area contributed by atoms with E-state index in [1.54, 1.807) is 0 Å². The molecule has 15 heavy (non-hydrogen) atoms. The van der Waals surface area contributed by atoms with Gasteiger partial charge in [-0.2, -0.15) is 0 Å². The maximum atomic E-state index is 11.1. The second-order valence-corrected chi connectivity index (χ2v) is 10.7. The van der Waals surface area contributed by atoms with E-state index < -0.39 is 24.4 Å². The topological polar surface area (TPSA) is 50.4 Å². The second kappa shape index (κ2) is 5.59. The third-order valence-electron chi connectivity index (χ3n) is 1.26. The van der Waals surface area contributed by atoms with Crippen molar-refractivity contribution in [3.05, 3.63) is 0 Å². The molecule has 0 aliphatic heterocycles. The summed E-state index contributed by atoms with van der Waals surface area (Å²) in [5.74, 6) is 0. The first-order valence-corrected chi connectivity index (χ1v) is 8.83. The molecule has 0 aliphatic rings. The lowest BCUT2D eigenvalue weighted by Crippen LogP contribution is -2.52. The van der Waals surface area contributed by atoms with Crippen LogP contribution in [0.2, 0.25) is 19.6 Å². The monoisotopic (exact) mass is 292 g/mol. The molecule has 0 heterocycles. The minimum absolute atomic E-state index is 0.454. The van der Waals surface area contributed by atoms with Gasteiger partial charge in [-0.3, -0.25) is 0 Å². The van der Waals surface area contributed by atoms with Gasteiger partial charge in [-0.15, -0.1) is 0 Å². The van der Waals surface area contributed by atoms with E-state index >= 15 is 0 Å². The fourth-order valence-corrected chi connectivity index (χ4v) is 2.19. The number of carbonyl (C=O) groups excluding carboxylic acids is 1. The summed E-state index contributed by atoms with van der Waals surface area (Å²) in [6, 6.07) is -0.454. The summed E-state index contributed by atoms with van der Waals surface area (Å²) in [4.78, 5) is 11.1. The molecule has 0 aromatic carbocycles. The Hall–Kier alpha value is 0.317. The normalized spacial score (nSPS) is 14.6. The Bertz CT molecular complexity index is 227. The number of urea groups is 1. The van der Waals surface area contributed by atoms with Crippen LogP contribution in [0.25, 0.3) is 0 Å². The molecular formula is C7H15Cl3N2O2Si. The van der Waals surface area contributed by atoms with Crippen LogP contribution < -0.4 is 10.6 Å². The molecular weight excluding hydrogens is 279 g/mol. The van der Waals surface area contributed by atoms with Gasteiger partial charge in [0.25, 0.3) is 0 Å². The lowest BCUT2D eigenvalue weighted by atomic mass is 10.6. The first-order chi connectivity index (χ1) is 6.56. The number of rotatable bonds is 3. The lowest BCUT2D eigenvalue weighted by molar-refractivity contribution is 0.160. The highest BCUT2D eigenvalue weighted by atomic mass is 35.6. The van der Waals surface area contributed by atoms with Crippen LogP contribution in [0.15, 0.2) is 0 Å². The lowest BCUT2D eigenvalue weighted by Gasteiger charge is -2.31. The molecule has 90 valence electrons. The average Bonchev–Trinajstić information content (AvgIpc) is 1.98. The average molecular weight is 294 g/mol.